The summed E-state index contributed by atoms with van der Waals surface area (Å²) in [5.41, 5.74) is 1.00. The molecule has 0 amide bonds. The highest BCUT2D eigenvalue weighted by atomic mass is 19.1. The van der Waals surface area contributed by atoms with E-state index in [1.807, 2.05) is 0 Å². The van der Waals surface area contributed by atoms with E-state index >= 15 is 0 Å². The largest absolute Gasteiger partial charge is 0.488 e. The molecular formula is C17H24FNO. The van der Waals surface area contributed by atoms with E-state index in [1.54, 1.807) is 12.1 Å². The molecule has 2 aliphatic rings. The molecule has 20 heavy (non-hydrogen) atoms. The lowest BCUT2D eigenvalue weighted by Gasteiger charge is -2.29. The maximum atomic E-state index is 13.2. The van der Waals surface area contributed by atoms with E-state index in [2.05, 4.69) is 12.2 Å². The van der Waals surface area contributed by atoms with E-state index in [0.29, 0.717) is 6.04 Å². The van der Waals surface area contributed by atoms with Gasteiger partial charge in [0.25, 0.3) is 0 Å². The summed E-state index contributed by atoms with van der Waals surface area (Å²) in [6, 6.07) is 5.37. The second kappa shape index (κ2) is 6.13. The van der Waals surface area contributed by atoms with Crippen molar-refractivity contribution in [3.05, 3.63) is 29.6 Å². The maximum absolute atomic E-state index is 13.2. The lowest BCUT2D eigenvalue weighted by atomic mass is 9.84. The van der Waals surface area contributed by atoms with Crippen LogP contribution in [0.4, 0.5) is 4.39 Å². The second-order valence-electron chi connectivity index (χ2n) is 6.29. The molecule has 2 unspecified atom stereocenters. The third-order valence-corrected chi connectivity index (χ3v) is 4.79. The first kappa shape index (κ1) is 13.9. The molecule has 2 atom stereocenters. The van der Waals surface area contributed by atoms with Gasteiger partial charge in [0.15, 0.2) is 0 Å². The molecule has 1 saturated carbocycles. The summed E-state index contributed by atoms with van der Waals surface area (Å²) >= 11 is 0. The van der Waals surface area contributed by atoms with Crippen LogP contribution in [-0.2, 0) is 6.42 Å². The highest BCUT2D eigenvalue weighted by Crippen LogP contribution is 2.30. The number of hydrogen-bond donors (Lipinski definition) is 1. The molecule has 0 saturated heterocycles. The zero-order chi connectivity index (χ0) is 13.9. The molecule has 0 radical (unpaired) electrons. The fourth-order valence-electron chi connectivity index (χ4n) is 3.52. The van der Waals surface area contributed by atoms with Gasteiger partial charge in [0.2, 0.25) is 0 Å². The smallest absolute Gasteiger partial charge is 0.123 e. The number of benzene rings is 1. The summed E-state index contributed by atoms with van der Waals surface area (Å²) in [5, 5.41) is 3.62. The van der Waals surface area contributed by atoms with Crippen LogP contribution < -0.4 is 10.1 Å². The van der Waals surface area contributed by atoms with Gasteiger partial charge in [0, 0.05) is 24.6 Å². The van der Waals surface area contributed by atoms with Crippen molar-refractivity contribution in [2.24, 2.45) is 5.92 Å². The van der Waals surface area contributed by atoms with Gasteiger partial charge in [-0.05, 0) is 43.9 Å². The zero-order valence-corrected chi connectivity index (χ0v) is 12.2. The minimum absolute atomic E-state index is 0.151. The molecule has 1 fully saturated rings. The molecule has 1 heterocycles. The summed E-state index contributed by atoms with van der Waals surface area (Å²) in [6.45, 7) is 3.14. The zero-order valence-electron chi connectivity index (χ0n) is 12.2. The van der Waals surface area contributed by atoms with Crippen molar-refractivity contribution in [2.75, 3.05) is 6.54 Å². The quantitative estimate of drug-likeness (QED) is 0.906. The summed E-state index contributed by atoms with van der Waals surface area (Å²) in [4.78, 5) is 0. The second-order valence-corrected chi connectivity index (χ2v) is 6.29. The van der Waals surface area contributed by atoms with Crippen LogP contribution in [0.1, 0.15) is 44.6 Å². The predicted molar refractivity (Wildman–Crippen MR) is 78.6 cm³/mol. The number of fused-ring (bicyclic) bond motifs is 1. The third kappa shape index (κ3) is 3.14. The first-order valence-corrected chi connectivity index (χ1v) is 7.91. The number of hydrogen-bond acceptors (Lipinski definition) is 2. The van der Waals surface area contributed by atoms with Gasteiger partial charge in [-0.3, -0.25) is 0 Å². The van der Waals surface area contributed by atoms with Crippen LogP contribution in [0.3, 0.4) is 0 Å². The Bertz CT molecular complexity index is 456. The molecule has 0 bridgehead atoms. The van der Waals surface area contributed by atoms with Crippen LogP contribution in [0, 0.1) is 11.7 Å². The number of halogens is 1. The van der Waals surface area contributed by atoms with Gasteiger partial charge in [-0.15, -0.1) is 0 Å². The van der Waals surface area contributed by atoms with Crippen LogP contribution in [0.25, 0.3) is 0 Å². The molecule has 3 heteroatoms. The Hall–Kier alpha value is -1.09. The van der Waals surface area contributed by atoms with Crippen LogP contribution in [-0.4, -0.2) is 18.7 Å². The average molecular weight is 277 g/mol. The van der Waals surface area contributed by atoms with Gasteiger partial charge in [0.1, 0.15) is 17.7 Å². The van der Waals surface area contributed by atoms with Crippen LogP contribution >= 0.6 is 0 Å². The SMILES string of the molecule is CC(NCC1Cc2cc(F)ccc2O1)C1CCCCC1. The Morgan fingerprint density at radius 2 is 2.10 bits per heavy atom. The molecule has 1 aliphatic carbocycles. The van der Waals surface area contributed by atoms with Crippen molar-refractivity contribution in [1.29, 1.82) is 0 Å². The summed E-state index contributed by atoms with van der Waals surface area (Å²) in [7, 11) is 0. The summed E-state index contributed by atoms with van der Waals surface area (Å²) in [5.74, 6) is 1.49. The maximum Gasteiger partial charge on any atom is 0.123 e. The van der Waals surface area contributed by atoms with Crippen molar-refractivity contribution >= 4 is 0 Å². The molecule has 1 N–H and O–H groups in total. The van der Waals surface area contributed by atoms with Gasteiger partial charge < -0.3 is 10.1 Å². The van der Waals surface area contributed by atoms with Gasteiger partial charge in [-0.25, -0.2) is 4.39 Å². The van der Waals surface area contributed by atoms with Crippen LogP contribution in [0.15, 0.2) is 18.2 Å². The van der Waals surface area contributed by atoms with E-state index in [4.69, 9.17) is 4.74 Å². The standard InChI is InChI=1S/C17H24FNO/c1-12(13-5-3-2-4-6-13)19-11-16-10-14-9-15(18)7-8-17(14)20-16/h7-9,12-13,16,19H,2-6,10-11H2,1H3. The molecule has 3 rings (SSSR count). The molecule has 0 spiro atoms. The van der Waals surface area contributed by atoms with Crippen molar-refractivity contribution in [3.63, 3.8) is 0 Å². The highest BCUT2D eigenvalue weighted by Gasteiger charge is 2.25. The predicted octanol–water partition coefficient (Wildman–Crippen LogP) is 3.69. The third-order valence-electron chi connectivity index (χ3n) is 4.79. The van der Waals surface area contributed by atoms with Gasteiger partial charge in [0.05, 0.1) is 0 Å². The minimum atomic E-state index is -0.170. The summed E-state index contributed by atoms with van der Waals surface area (Å²) < 4.78 is 19.0. The molecule has 1 aromatic rings. The van der Waals surface area contributed by atoms with Crippen molar-refractivity contribution in [3.8, 4) is 5.75 Å². The Morgan fingerprint density at radius 3 is 2.90 bits per heavy atom. The Kier molecular flexibility index (Phi) is 4.25. The first-order chi connectivity index (χ1) is 9.72. The number of ether oxygens (including phenoxy) is 1. The Balaban J connectivity index is 1.48. The highest BCUT2D eigenvalue weighted by molar-refractivity contribution is 5.37. The van der Waals surface area contributed by atoms with E-state index in [-0.39, 0.29) is 11.9 Å². The van der Waals surface area contributed by atoms with E-state index < -0.39 is 0 Å². The number of rotatable bonds is 4. The Morgan fingerprint density at radius 1 is 1.30 bits per heavy atom. The van der Waals surface area contributed by atoms with Gasteiger partial charge in [-0.1, -0.05) is 19.3 Å². The lowest BCUT2D eigenvalue weighted by molar-refractivity contribution is 0.204. The normalized spacial score (nSPS) is 24.2. The molecule has 1 aromatic carbocycles. The van der Waals surface area contributed by atoms with E-state index in [9.17, 15) is 4.39 Å². The van der Waals surface area contributed by atoms with Crippen molar-refractivity contribution in [2.45, 2.75) is 57.6 Å². The van der Waals surface area contributed by atoms with Gasteiger partial charge in [-0.2, -0.15) is 0 Å². The molecule has 0 aromatic heterocycles. The molecular weight excluding hydrogens is 253 g/mol. The lowest BCUT2D eigenvalue weighted by Crippen LogP contribution is -2.40. The monoisotopic (exact) mass is 277 g/mol. The fourth-order valence-corrected chi connectivity index (χ4v) is 3.52. The first-order valence-electron chi connectivity index (χ1n) is 7.91. The fraction of sp³-hybridized carbons (Fsp3) is 0.647. The van der Waals surface area contributed by atoms with E-state index in [0.717, 1.165) is 30.2 Å². The van der Waals surface area contributed by atoms with Crippen molar-refractivity contribution < 1.29 is 9.13 Å². The van der Waals surface area contributed by atoms with Crippen LogP contribution in [0.5, 0.6) is 5.75 Å². The minimum Gasteiger partial charge on any atom is -0.488 e. The number of nitrogens with one attached hydrogen (secondary N) is 1. The van der Waals surface area contributed by atoms with E-state index in [1.165, 1.54) is 38.2 Å². The van der Waals surface area contributed by atoms with Gasteiger partial charge >= 0.3 is 0 Å². The van der Waals surface area contributed by atoms with Crippen molar-refractivity contribution in [1.82, 2.24) is 5.32 Å². The molecule has 2 nitrogen and oxygen atoms in total. The summed E-state index contributed by atoms with van der Waals surface area (Å²) in [6.07, 6.45) is 7.82. The average Bonchev–Trinajstić information content (AvgIpc) is 2.87. The topological polar surface area (TPSA) is 21.3 Å². The molecule has 110 valence electrons. The van der Waals surface area contributed by atoms with Crippen LogP contribution in [0.2, 0.25) is 0 Å². The molecule has 1 aliphatic heterocycles. The Labute approximate surface area is 120 Å².